The van der Waals surface area contributed by atoms with Crippen LogP contribution >= 0.6 is 0 Å². The number of carbonyl (C=O) groups excluding carboxylic acids is 1. The van der Waals surface area contributed by atoms with E-state index >= 15 is 0 Å². The SMILES string of the molecule is CC1CCC2(C)C(=CC(=O)C3C2CCC2(C)C(C)CCC32)C1. The highest BCUT2D eigenvalue weighted by atomic mass is 16.1. The minimum absolute atomic E-state index is 0.332. The fraction of sp³-hybridized carbons (Fsp3) is 0.857. The van der Waals surface area contributed by atoms with Gasteiger partial charge in [-0.3, -0.25) is 4.79 Å². The molecule has 7 unspecified atom stereocenters. The Morgan fingerprint density at radius 2 is 1.77 bits per heavy atom. The van der Waals surface area contributed by atoms with Gasteiger partial charge in [-0.25, -0.2) is 0 Å². The molecule has 0 heterocycles. The number of allylic oxidation sites excluding steroid dienone is 2. The van der Waals surface area contributed by atoms with E-state index in [4.69, 9.17) is 0 Å². The van der Waals surface area contributed by atoms with Gasteiger partial charge in [-0.15, -0.1) is 0 Å². The lowest BCUT2D eigenvalue weighted by molar-refractivity contribution is -0.133. The van der Waals surface area contributed by atoms with Crippen molar-refractivity contribution in [1.82, 2.24) is 0 Å². The molecular weight excluding hydrogens is 268 g/mol. The molecule has 22 heavy (non-hydrogen) atoms. The van der Waals surface area contributed by atoms with Crippen molar-refractivity contribution in [2.24, 2.45) is 40.4 Å². The van der Waals surface area contributed by atoms with Crippen molar-refractivity contribution in [3.63, 3.8) is 0 Å². The molecule has 3 saturated carbocycles. The third-order valence-electron chi connectivity index (χ3n) is 8.67. The zero-order valence-corrected chi connectivity index (χ0v) is 14.8. The molecule has 4 aliphatic carbocycles. The van der Waals surface area contributed by atoms with Crippen LogP contribution in [-0.4, -0.2) is 5.78 Å². The molecule has 0 saturated heterocycles. The van der Waals surface area contributed by atoms with Gasteiger partial charge in [-0.05, 0) is 85.5 Å². The molecule has 0 bridgehead atoms. The lowest BCUT2D eigenvalue weighted by Gasteiger charge is -2.57. The molecule has 0 spiro atoms. The molecule has 1 heteroatoms. The normalized spacial score (nSPS) is 54.3. The highest BCUT2D eigenvalue weighted by Crippen LogP contribution is 2.65. The van der Waals surface area contributed by atoms with Crippen LogP contribution in [0.5, 0.6) is 0 Å². The zero-order valence-electron chi connectivity index (χ0n) is 14.8. The van der Waals surface area contributed by atoms with Crippen LogP contribution in [0.1, 0.15) is 72.6 Å². The number of hydrogen-bond acceptors (Lipinski definition) is 1. The minimum Gasteiger partial charge on any atom is -0.295 e. The average Bonchev–Trinajstić information content (AvgIpc) is 2.77. The van der Waals surface area contributed by atoms with Crippen LogP contribution in [0.2, 0.25) is 0 Å². The van der Waals surface area contributed by atoms with Crippen LogP contribution in [0.15, 0.2) is 11.6 Å². The van der Waals surface area contributed by atoms with E-state index in [1.54, 1.807) is 0 Å². The van der Waals surface area contributed by atoms with E-state index in [1.165, 1.54) is 50.5 Å². The number of carbonyl (C=O) groups is 1. The quantitative estimate of drug-likeness (QED) is 0.585. The number of rotatable bonds is 0. The van der Waals surface area contributed by atoms with Gasteiger partial charge in [-0.2, -0.15) is 0 Å². The van der Waals surface area contributed by atoms with Gasteiger partial charge in [0.15, 0.2) is 5.78 Å². The fourth-order valence-corrected chi connectivity index (χ4v) is 6.85. The Hall–Kier alpha value is -0.590. The van der Waals surface area contributed by atoms with E-state index in [0.29, 0.717) is 34.4 Å². The maximum Gasteiger partial charge on any atom is 0.159 e. The van der Waals surface area contributed by atoms with E-state index in [1.807, 2.05) is 0 Å². The molecule has 4 aliphatic rings. The molecule has 0 amide bonds. The van der Waals surface area contributed by atoms with Gasteiger partial charge in [-0.1, -0.05) is 33.3 Å². The lowest BCUT2D eigenvalue weighted by Crippen LogP contribution is -2.52. The van der Waals surface area contributed by atoms with Gasteiger partial charge in [0.25, 0.3) is 0 Å². The molecule has 0 N–H and O–H groups in total. The smallest absolute Gasteiger partial charge is 0.159 e. The third-order valence-corrected chi connectivity index (χ3v) is 8.67. The van der Waals surface area contributed by atoms with Crippen LogP contribution in [0.4, 0.5) is 0 Å². The molecule has 0 radical (unpaired) electrons. The van der Waals surface area contributed by atoms with E-state index < -0.39 is 0 Å². The highest BCUT2D eigenvalue weighted by molar-refractivity contribution is 5.94. The standard InChI is InChI=1S/C21H32O/c1-13-7-9-21(4)15(11-13)12-18(22)19-16-6-5-14(2)20(16,3)10-8-17(19)21/h12-14,16-17,19H,5-11H2,1-4H3. The number of ketones is 1. The van der Waals surface area contributed by atoms with Crippen LogP contribution in [-0.2, 0) is 4.79 Å². The van der Waals surface area contributed by atoms with Gasteiger partial charge in [0.05, 0.1) is 0 Å². The molecule has 1 nitrogen and oxygen atoms in total. The summed E-state index contributed by atoms with van der Waals surface area (Å²) in [5.74, 6) is 3.70. The lowest BCUT2D eigenvalue weighted by atomic mass is 9.47. The van der Waals surface area contributed by atoms with Gasteiger partial charge in [0.2, 0.25) is 0 Å². The summed E-state index contributed by atoms with van der Waals surface area (Å²) in [6, 6.07) is 0. The van der Waals surface area contributed by atoms with Crippen molar-refractivity contribution in [3.8, 4) is 0 Å². The maximum atomic E-state index is 13.0. The Balaban J connectivity index is 1.75. The van der Waals surface area contributed by atoms with E-state index in [2.05, 4.69) is 33.8 Å². The molecule has 0 aromatic carbocycles. The first-order chi connectivity index (χ1) is 10.4. The van der Waals surface area contributed by atoms with Crippen molar-refractivity contribution >= 4 is 5.78 Å². The highest BCUT2D eigenvalue weighted by Gasteiger charge is 2.59. The second-order valence-electron chi connectivity index (χ2n) is 9.60. The van der Waals surface area contributed by atoms with Crippen LogP contribution in [0, 0.1) is 40.4 Å². The summed E-state index contributed by atoms with van der Waals surface area (Å²) in [6.45, 7) is 9.77. The molecule has 3 fully saturated rings. The molecule has 4 rings (SSSR count). The first kappa shape index (κ1) is 15.0. The molecule has 122 valence electrons. The van der Waals surface area contributed by atoms with Crippen LogP contribution in [0.3, 0.4) is 0 Å². The van der Waals surface area contributed by atoms with Crippen molar-refractivity contribution in [2.45, 2.75) is 72.6 Å². The van der Waals surface area contributed by atoms with Crippen molar-refractivity contribution in [3.05, 3.63) is 11.6 Å². The summed E-state index contributed by atoms with van der Waals surface area (Å²) in [6.07, 6.45) is 11.2. The summed E-state index contributed by atoms with van der Waals surface area (Å²) in [7, 11) is 0. The Morgan fingerprint density at radius 1 is 1.00 bits per heavy atom. The van der Waals surface area contributed by atoms with E-state index in [0.717, 1.165) is 11.8 Å². The average molecular weight is 300 g/mol. The molecule has 0 aliphatic heterocycles. The number of fused-ring (bicyclic) bond motifs is 5. The second-order valence-corrected chi connectivity index (χ2v) is 9.60. The van der Waals surface area contributed by atoms with Gasteiger partial charge < -0.3 is 0 Å². The first-order valence-corrected chi connectivity index (χ1v) is 9.61. The number of hydrogen-bond donors (Lipinski definition) is 0. The van der Waals surface area contributed by atoms with Gasteiger partial charge in [0.1, 0.15) is 0 Å². The van der Waals surface area contributed by atoms with E-state index in [-0.39, 0.29) is 0 Å². The fourth-order valence-electron chi connectivity index (χ4n) is 6.85. The predicted octanol–water partition coefficient (Wildman–Crippen LogP) is 5.40. The molecule has 0 aromatic rings. The third kappa shape index (κ3) is 1.80. The Bertz CT molecular complexity index is 532. The minimum atomic E-state index is 0.332. The summed E-state index contributed by atoms with van der Waals surface area (Å²) >= 11 is 0. The van der Waals surface area contributed by atoms with Gasteiger partial charge >= 0.3 is 0 Å². The topological polar surface area (TPSA) is 17.1 Å². The van der Waals surface area contributed by atoms with Crippen LogP contribution < -0.4 is 0 Å². The zero-order chi connectivity index (χ0) is 15.7. The van der Waals surface area contributed by atoms with Crippen LogP contribution in [0.25, 0.3) is 0 Å². The van der Waals surface area contributed by atoms with Crippen molar-refractivity contribution in [2.75, 3.05) is 0 Å². The summed E-state index contributed by atoms with van der Waals surface area (Å²) in [4.78, 5) is 13.0. The van der Waals surface area contributed by atoms with Crippen molar-refractivity contribution in [1.29, 1.82) is 0 Å². The molecule has 0 aromatic heterocycles. The summed E-state index contributed by atoms with van der Waals surface area (Å²) < 4.78 is 0. The molecular formula is C21H32O. The Kier molecular flexibility index (Phi) is 3.20. The molecule has 7 atom stereocenters. The first-order valence-electron chi connectivity index (χ1n) is 9.61. The largest absolute Gasteiger partial charge is 0.295 e. The Morgan fingerprint density at radius 3 is 2.55 bits per heavy atom. The second kappa shape index (κ2) is 4.71. The maximum absolute atomic E-state index is 13.0. The van der Waals surface area contributed by atoms with Crippen molar-refractivity contribution < 1.29 is 4.79 Å². The summed E-state index contributed by atoms with van der Waals surface area (Å²) in [5.41, 5.74) is 2.27. The monoisotopic (exact) mass is 300 g/mol. The van der Waals surface area contributed by atoms with Gasteiger partial charge in [0, 0.05) is 5.92 Å². The Labute approximate surface area is 135 Å². The van der Waals surface area contributed by atoms with E-state index in [9.17, 15) is 4.79 Å². The predicted molar refractivity (Wildman–Crippen MR) is 90.4 cm³/mol. The summed E-state index contributed by atoms with van der Waals surface area (Å²) in [5, 5.41) is 0.